The molecule has 1 fully saturated rings. The fraction of sp³-hybridized carbons (Fsp3) is 0.400. The minimum atomic E-state index is -3.75. The van der Waals surface area contributed by atoms with E-state index >= 15 is 0 Å². The van der Waals surface area contributed by atoms with Crippen LogP contribution in [0.1, 0.15) is 12.8 Å². The van der Waals surface area contributed by atoms with Crippen LogP contribution in [0.15, 0.2) is 17.0 Å². The molecule has 0 aromatic heterocycles. The van der Waals surface area contributed by atoms with Gasteiger partial charge in [-0.05, 0) is 25.0 Å². The smallest absolute Gasteiger partial charge is 0.242 e. The van der Waals surface area contributed by atoms with Crippen molar-refractivity contribution in [1.29, 1.82) is 0 Å². The van der Waals surface area contributed by atoms with Crippen molar-refractivity contribution in [1.82, 2.24) is 4.72 Å². The van der Waals surface area contributed by atoms with Gasteiger partial charge in [-0.25, -0.2) is 13.1 Å². The molecule has 1 aromatic carbocycles. The molecule has 0 heterocycles. The SMILES string of the molecule is Nc1c(Cl)ccc(S(=O)(=O)NC2CC(O)C2)c1Cl. The van der Waals surface area contributed by atoms with Crippen molar-refractivity contribution in [3.05, 3.63) is 22.2 Å². The Morgan fingerprint density at radius 2 is 1.94 bits per heavy atom. The minimum Gasteiger partial charge on any atom is -0.396 e. The molecule has 1 saturated carbocycles. The number of aliphatic hydroxyl groups is 1. The molecule has 2 rings (SSSR count). The Kier molecular flexibility index (Phi) is 3.75. The first-order chi connectivity index (χ1) is 8.31. The fourth-order valence-electron chi connectivity index (χ4n) is 1.72. The molecule has 5 nitrogen and oxygen atoms in total. The average molecular weight is 311 g/mol. The summed E-state index contributed by atoms with van der Waals surface area (Å²) >= 11 is 11.6. The van der Waals surface area contributed by atoms with Crippen LogP contribution in [0.25, 0.3) is 0 Å². The van der Waals surface area contributed by atoms with Crippen LogP contribution in [0, 0.1) is 0 Å². The number of aliphatic hydroxyl groups excluding tert-OH is 1. The zero-order valence-corrected chi connectivity index (χ0v) is 11.6. The molecule has 100 valence electrons. The molecule has 0 radical (unpaired) electrons. The molecule has 8 heteroatoms. The first-order valence-corrected chi connectivity index (χ1v) is 7.49. The van der Waals surface area contributed by atoms with Crippen molar-refractivity contribution < 1.29 is 13.5 Å². The van der Waals surface area contributed by atoms with E-state index in [1.54, 1.807) is 0 Å². The first-order valence-electron chi connectivity index (χ1n) is 5.25. The molecular weight excluding hydrogens is 299 g/mol. The Balaban J connectivity index is 2.27. The molecule has 0 aliphatic heterocycles. The van der Waals surface area contributed by atoms with Crippen molar-refractivity contribution in [2.24, 2.45) is 0 Å². The van der Waals surface area contributed by atoms with E-state index in [-0.39, 0.29) is 26.7 Å². The van der Waals surface area contributed by atoms with Crippen LogP contribution in [0.2, 0.25) is 10.0 Å². The Hall–Kier alpha value is -0.530. The molecule has 0 amide bonds. The monoisotopic (exact) mass is 310 g/mol. The summed E-state index contributed by atoms with van der Waals surface area (Å²) < 4.78 is 26.6. The van der Waals surface area contributed by atoms with Crippen molar-refractivity contribution in [2.75, 3.05) is 5.73 Å². The van der Waals surface area contributed by atoms with Crippen LogP contribution < -0.4 is 10.5 Å². The summed E-state index contributed by atoms with van der Waals surface area (Å²) in [6, 6.07) is 2.42. The number of benzene rings is 1. The molecule has 0 atom stereocenters. The highest BCUT2D eigenvalue weighted by molar-refractivity contribution is 7.89. The summed E-state index contributed by atoms with van der Waals surface area (Å²) in [5, 5.41) is 9.24. The van der Waals surface area contributed by atoms with E-state index in [1.807, 2.05) is 0 Å². The van der Waals surface area contributed by atoms with Gasteiger partial charge in [-0.1, -0.05) is 23.2 Å². The van der Waals surface area contributed by atoms with Gasteiger partial charge >= 0.3 is 0 Å². The summed E-state index contributed by atoms with van der Waals surface area (Å²) in [5.74, 6) is 0. The number of nitrogens with one attached hydrogen (secondary N) is 1. The van der Waals surface area contributed by atoms with Crippen LogP contribution in [0.3, 0.4) is 0 Å². The molecule has 1 aliphatic carbocycles. The van der Waals surface area contributed by atoms with Gasteiger partial charge in [0.1, 0.15) is 4.90 Å². The van der Waals surface area contributed by atoms with E-state index in [0.717, 1.165) is 0 Å². The molecule has 0 bridgehead atoms. The third-order valence-electron chi connectivity index (χ3n) is 2.82. The molecule has 18 heavy (non-hydrogen) atoms. The van der Waals surface area contributed by atoms with Crippen LogP contribution in [0.4, 0.5) is 5.69 Å². The second kappa shape index (κ2) is 4.86. The van der Waals surface area contributed by atoms with Gasteiger partial charge in [-0.15, -0.1) is 0 Å². The quantitative estimate of drug-likeness (QED) is 0.735. The largest absolute Gasteiger partial charge is 0.396 e. The van der Waals surface area contributed by atoms with Gasteiger partial charge in [0.25, 0.3) is 0 Å². The zero-order valence-electron chi connectivity index (χ0n) is 9.23. The summed E-state index contributed by atoms with van der Waals surface area (Å²) in [6.07, 6.45) is 0.364. The van der Waals surface area contributed by atoms with E-state index in [2.05, 4.69) is 4.72 Å². The highest BCUT2D eigenvalue weighted by Crippen LogP contribution is 2.33. The van der Waals surface area contributed by atoms with E-state index in [9.17, 15) is 8.42 Å². The van der Waals surface area contributed by atoms with E-state index in [1.165, 1.54) is 12.1 Å². The molecule has 0 saturated heterocycles. The maximum absolute atomic E-state index is 12.1. The summed E-state index contributed by atoms with van der Waals surface area (Å²) in [6.45, 7) is 0. The maximum atomic E-state index is 12.1. The average Bonchev–Trinajstić information content (AvgIpc) is 2.23. The second-order valence-electron chi connectivity index (χ2n) is 4.22. The number of halogens is 2. The normalized spacial score (nSPS) is 23.7. The number of nitrogens with two attached hydrogens (primary N) is 1. The maximum Gasteiger partial charge on any atom is 0.242 e. The van der Waals surface area contributed by atoms with Gasteiger partial charge < -0.3 is 10.8 Å². The Bertz CT molecular complexity index is 571. The van der Waals surface area contributed by atoms with Gasteiger partial charge in [0.2, 0.25) is 10.0 Å². The van der Waals surface area contributed by atoms with Crippen molar-refractivity contribution in [3.63, 3.8) is 0 Å². The Morgan fingerprint density at radius 1 is 1.33 bits per heavy atom. The third-order valence-corrected chi connectivity index (χ3v) is 5.23. The number of anilines is 1. The topological polar surface area (TPSA) is 92.4 Å². The lowest BCUT2D eigenvalue weighted by molar-refractivity contribution is 0.0712. The van der Waals surface area contributed by atoms with Gasteiger partial charge in [-0.3, -0.25) is 0 Å². The lowest BCUT2D eigenvalue weighted by atomic mass is 9.91. The second-order valence-corrected chi connectivity index (χ2v) is 6.68. The number of hydrogen-bond donors (Lipinski definition) is 3. The minimum absolute atomic E-state index is 0.0369. The third kappa shape index (κ3) is 2.57. The molecule has 0 spiro atoms. The number of rotatable bonds is 3. The molecule has 1 aliphatic rings. The van der Waals surface area contributed by atoms with Gasteiger partial charge in [-0.2, -0.15) is 0 Å². The zero-order chi connectivity index (χ0) is 13.5. The van der Waals surface area contributed by atoms with Crippen LogP contribution in [-0.4, -0.2) is 25.7 Å². The summed E-state index contributed by atoms with van der Waals surface area (Å²) in [7, 11) is -3.75. The van der Waals surface area contributed by atoms with Gasteiger partial charge in [0.15, 0.2) is 0 Å². The Morgan fingerprint density at radius 3 is 2.50 bits per heavy atom. The van der Waals surface area contributed by atoms with Crippen molar-refractivity contribution >= 4 is 38.9 Å². The molecule has 1 aromatic rings. The predicted octanol–water partition coefficient (Wildman–Crippen LogP) is 1.38. The van der Waals surface area contributed by atoms with Crippen LogP contribution in [0.5, 0.6) is 0 Å². The highest BCUT2D eigenvalue weighted by Gasteiger charge is 2.32. The lowest BCUT2D eigenvalue weighted by Gasteiger charge is -2.31. The highest BCUT2D eigenvalue weighted by atomic mass is 35.5. The lowest BCUT2D eigenvalue weighted by Crippen LogP contribution is -2.46. The number of hydrogen-bond acceptors (Lipinski definition) is 4. The van der Waals surface area contributed by atoms with Gasteiger partial charge in [0, 0.05) is 6.04 Å². The summed E-state index contributed by atoms with van der Waals surface area (Å²) in [4.78, 5) is -0.104. The number of sulfonamides is 1. The molecular formula is C10H12Cl2N2O3S. The summed E-state index contributed by atoms with van der Waals surface area (Å²) in [5.41, 5.74) is 5.62. The van der Waals surface area contributed by atoms with E-state index in [4.69, 9.17) is 34.0 Å². The predicted molar refractivity (Wildman–Crippen MR) is 70.2 cm³/mol. The van der Waals surface area contributed by atoms with Crippen molar-refractivity contribution in [2.45, 2.75) is 29.9 Å². The van der Waals surface area contributed by atoms with Gasteiger partial charge in [0.05, 0.1) is 21.8 Å². The number of nitrogen functional groups attached to an aromatic ring is 1. The van der Waals surface area contributed by atoms with Crippen molar-refractivity contribution in [3.8, 4) is 0 Å². The Labute approximate surface area is 115 Å². The van der Waals surface area contributed by atoms with Crippen LogP contribution in [-0.2, 0) is 10.0 Å². The van der Waals surface area contributed by atoms with E-state index < -0.39 is 16.1 Å². The van der Waals surface area contributed by atoms with E-state index in [0.29, 0.717) is 12.8 Å². The fourth-order valence-corrected chi connectivity index (χ4v) is 3.75. The standard InChI is InChI=1S/C10H12Cl2N2O3S/c11-7-1-2-8(9(12)10(7)13)18(16,17)14-5-3-6(15)4-5/h1-2,5-6,14-15H,3-4,13H2. The first kappa shape index (κ1) is 13.9. The molecule has 4 N–H and O–H groups in total. The molecule has 0 unspecified atom stereocenters. The van der Waals surface area contributed by atoms with Crippen LogP contribution >= 0.6 is 23.2 Å².